The molecule has 0 aliphatic carbocycles. The fourth-order valence-corrected chi connectivity index (χ4v) is 1.68. The number of hydrogen-bond donors (Lipinski definition) is 0. The predicted octanol–water partition coefficient (Wildman–Crippen LogP) is 3.89. The third kappa shape index (κ3) is 3.16. The van der Waals surface area contributed by atoms with Gasteiger partial charge in [-0.1, -0.05) is 60.7 Å². The van der Waals surface area contributed by atoms with Crippen LogP contribution in [-0.4, -0.2) is 0 Å². The molecule has 2 nitrogen and oxygen atoms in total. The van der Waals surface area contributed by atoms with Gasteiger partial charge in [-0.05, 0) is 12.5 Å². The molecule has 2 aromatic rings. The van der Waals surface area contributed by atoms with Gasteiger partial charge in [0.25, 0.3) is 0 Å². The van der Waals surface area contributed by atoms with Gasteiger partial charge >= 0.3 is 0 Å². The Bertz CT molecular complexity index is 395. The minimum atomic E-state index is -1.13. The lowest BCUT2D eigenvalue weighted by Gasteiger charge is -2.17. The molecule has 1 radical (unpaired) electrons. The minimum Gasteiger partial charge on any atom is -0.338 e. The molecular formula is C15H15O2. The van der Waals surface area contributed by atoms with Crippen molar-refractivity contribution in [3.05, 3.63) is 71.8 Å². The number of ether oxygens (including phenoxy) is 1. The van der Waals surface area contributed by atoms with E-state index in [2.05, 4.69) is 0 Å². The highest BCUT2D eigenvalue weighted by Gasteiger charge is 2.14. The summed E-state index contributed by atoms with van der Waals surface area (Å²) in [7, 11) is 0. The van der Waals surface area contributed by atoms with E-state index < -0.39 is 6.29 Å². The lowest BCUT2D eigenvalue weighted by atomic mass is 10.1. The van der Waals surface area contributed by atoms with Gasteiger partial charge in [-0.15, -0.1) is 0 Å². The van der Waals surface area contributed by atoms with Crippen LogP contribution in [-0.2, 0) is 9.84 Å². The van der Waals surface area contributed by atoms with Gasteiger partial charge in [0, 0.05) is 5.56 Å². The Balaban J connectivity index is 2.02. The zero-order valence-corrected chi connectivity index (χ0v) is 9.74. The fourth-order valence-electron chi connectivity index (χ4n) is 1.68. The normalized spacial score (nSPS) is 14.2. The molecule has 2 aromatic carbocycles. The molecule has 0 saturated heterocycles. The molecule has 87 valence electrons. The van der Waals surface area contributed by atoms with E-state index in [9.17, 15) is 5.11 Å². The van der Waals surface area contributed by atoms with E-state index in [4.69, 9.17) is 4.74 Å². The second-order valence-corrected chi connectivity index (χ2v) is 3.93. The summed E-state index contributed by atoms with van der Waals surface area (Å²) >= 11 is 0. The van der Waals surface area contributed by atoms with E-state index in [1.807, 2.05) is 55.5 Å². The first kappa shape index (κ1) is 11.8. The van der Waals surface area contributed by atoms with Crippen molar-refractivity contribution in [1.29, 1.82) is 0 Å². The summed E-state index contributed by atoms with van der Waals surface area (Å²) < 4.78 is 5.47. The summed E-state index contributed by atoms with van der Waals surface area (Å²) in [5, 5.41) is 11.9. The van der Waals surface area contributed by atoms with Gasteiger partial charge in [-0.2, -0.15) is 5.11 Å². The standard InChI is InChI=1S/C15H15O2/c1-12(13-8-4-2-5-9-13)17-15(16)14-10-6-3-7-11-14/h2-12,15H,1H3. The maximum atomic E-state index is 11.9. The minimum absolute atomic E-state index is 0.195. The van der Waals surface area contributed by atoms with Crippen LogP contribution in [0.25, 0.3) is 0 Å². The summed E-state index contributed by atoms with van der Waals surface area (Å²) in [6, 6.07) is 18.9. The van der Waals surface area contributed by atoms with Crippen LogP contribution in [0.3, 0.4) is 0 Å². The molecule has 0 aliphatic heterocycles. The summed E-state index contributed by atoms with van der Waals surface area (Å²) in [5.41, 5.74) is 1.68. The van der Waals surface area contributed by atoms with Crippen molar-refractivity contribution < 1.29 is 9.84 Å². The summed E-state index contributed by atoms with van der Waals surface area (Å²) in [4.78, 5) is 0. The van der Waals surface area contributed by atoms with Crippen LogP contribution in [0.5, 0.6) is 0 Å². The van der Waals surface area contributed by atoms with Crippen molar-refractivity contribution in [3.63, 3.8) is 0 Å². The highest BCUT2D eigenvalue weighted by Crippen LogP contribution is 2.24. The van der Waals surface area contributed by atoms with Crippen LogP contribution in [0.15, 0.2) is 60.7 Å². The molecule has 0 saturated carbocycles. The molecule has 0 amide bonds. The van der Waals surface area contributed by atoms with Crippen molar-refractivity contribution in [3.8, 4) is 0 Å². The quantitative estimate of drug-likeness (QED) is 0.728. The lowest BCUT2D eigenvalue weighted by Crippen LogP contribution is -2.06. The lowest BCUT2D eigenvalue weighted by molar-refractivity contribution is -0.172. The van der Waals surface area contributed by atoms with Crippen molar-refractivity contribution in [2.24, 2.45) is 0 Å². The second kappa shape index (κ2) is 5.62. The van der Waals surface area contributed by atoms with Crippen molar-refractivity contribution in [1.82, 2.24) is 0 Å². The third-order valence-electron chi connectivity index (χ3n) is 2.67. The monoisotopic (exact) mass is 227 g/mol. The summed E-state index contributed by atoms with van der Waals surface area (Å²) in [6.07, 6.45) is -1.33. The van der Waals surface area contributed by atoms with E-state index >= 15 is 0 Å². The first-order valence-corrected chi connectivity index (χ1v) is 5.68. The van der Waals surface area contributed by atoms with E-state index in [0.717, 1.165) is 5.56 Å². The first-order valence-electron chi connectivity index (χ1n) is 5.68. The third-order valence-corrected chi connectivity index (χ3v) is 2.67. The zero-order valence-electron chi connectivity index (χ0n) is 9.74. The van der Waals surface area contributed by atoms with Crippen LogP contribution in [0, 0.1) is 0 Å². The Morgan fingerprint density at radius 3 is 1.82 bits per heavy atom. The summed E-state index contributed by atoms with van der Waals surface area (Å²) in [5.74, 6) is 0. The average Bonchev–Trinajstić information content (AvgIpc) is 2.40. The average molecular weight is 227 g/mol. The van der Waals surface area contributed by atoms with Gasteiger partial charge in [0.15, 0.2) is 0 Å². The van der Waals surface area contributed by atoms with Gasteiger partial charge in [-0.3, -0.25) is 0 Å². The fraction of sp³-hybridized carbons (Fsp3) is 0.200. The number of benzene rings is 2. The maximum Gasteiger partial charge on any atom is 0.218 e. The van der Waals surface area contributed by atoms with Crippen LogP contribution < -0.4 is 0 Å². The Hall–Kier alpha value is -1.64. The van der Waals surface area contributed by atoms with Crippen LogP contribution in [0.1, 0.15) is 30.4 Å². The molecule has 0 aromatic heterocycles. The molecular weight excluding hydrogens is 212 g/mol. The van der Waals surface area contributed by atoms with Gasteiger partial charge in [0.1, 0.15) is 0 Å². The molecule has 0 heterocycles. The molecule has 0 fully saturated rings. The smallest absolute Gasteiger partial charge is 0.218 e. The molecule has 17 heavy (non-hydrogen) atoms. The molecule has 2 heteroatoms. The van der Waals surface area contributed by atoms with Gasteiger partial charge < -0.3 is 4.74 Å². The van der Waals surface area contributed by atoms with E-state index in [1.54, 1.807) is 12.1 Å². The Morgan fingerprint density at radius 2 is 1.29 bits per heavy atom. The number of hydrogen-bond acceptors (Lipinski definition) is 1. The first-order chi connectivity index (χ1) is 8.27. The molecule has 0 bridgehead atoms. The second-order valence-electron chi connectivity index (χ2n) is 3.93. The molecule has 2 atom stereocenters. The van der Waals surface area contributed by atoms with Gasteiger partial charge in [0.05, 0.1) is 6.10 Å². The topological polar surface area (TPSA) is 29.1 Å². The largest absolute Gasteiger partial charge is 0.338 e. The molecule has 0 N–H and O–H groups in total. The van der Waals surface area contributed by atoms with Crippen molar-refractivity contribution >= 4 is 0 Å². The highest BCUT2D eigenvalue weighted by molar-refractivity contribution is 5.18. The van der Waals surface area contributed by atoms with E-state index in [-0.39, 0.29) is 6.10 Å². The van der Waals surface area contributed by atoms with Gasteiger partial charge in [-0.25, -0.2) is 0 Å². The maximum absolute atomic E-state index is 11.9. The van der Waals surface area contributed by atoms with E-state index in [1.165, 1.54) is 0 Å². The Morgan fingerprint density at radius 1 is 0.824 bits per heavy atom. The Labute approximate surface area is 101 Å². The van der Waals surface area contributed by atoms with Gasteiger partial charge in [0.2, 0.25) is 6.29 Å². The predicted molar refractivity (Wildman–Crippen MR) is 65.8 cm³/mol. The van der Waals surface area contributed by atoms with Crippen LogP contribution in [0.2, 0.25) is 0 Å². The zero-order chi connectivity index (χ0) is 12.1. The molecule has 0 spiro atoms. The van der Waals surface area contributed by atoms with Crippen molar-refractivity contribution in [2.75, 3.05) is 0 Å². The van der Waals surface area contributed by atoms with Crippen molar-refractivity contribution in [2.45, 2.75) is 19.3 Å². The molecule has 0 aliphatic rings. The SMILES string of the molecule is CC(OC([O])c1ccccc1)c1ccccc1. The molecule has 2 rings (SSSR count). The van der Waals surface area contributed by atoms with Crippen LogP contribution >= 0.6 is 0 Å². The summed E-state index contributed by atoms with van der Waals surface area (Å²) in [6.45, 7) is 1.89. The number of rotatable bonds is 4. The molecule has 2 unspecified atom stereocenters. The van der Waals surface area contributed by atoms with Crippen LogP contribution in [0.4, 0.5) is 0 Å². The Kier molecular flexibility index (Phi) is 3.91. The highest BCUT2D eigenvalue weighted by atomic mass is 16.6. The van der Waals surface area contributed by atoms with E-state index in [0.29, 0.717) is 5.56 Å².